The molecule has 0 bridgehead atoms. The Balaban J connectivity index is 1.72. The molecule has 1 aliphatic carbocycles. The number of nitrogen functional groups attached to an aromatic ring is 1. The van der Waals surface area contributed by atoms with Crippen LogP contribution >= 0.6 is 0 Å². The number of anilines is 3. The van der Waals surface area contributed by atoms with Crippen molar-refractivity contribution in [3.63, 3.8) is 0 Å². The van der Waals surface area contributed by atoms with Crippen LogP contribution in [-0.4, -0.2) is 31.5 Å². The van der Waals surface area contributed by atoms with Crippen LogP contribution in [0.25, 0.3) is 11.3 Å². The van der Waals surface area contributed by atoms with Crippen molar-refractivity contribution < 1.29 is 0 Å². The Morgan fingerprint density at radius 1 is 1.08 bits per heavy atom. The van der Waals surface area contributed by atoms with Gasteiger partial charge in [-0.3, -0.25) is 4.98 Å². The van der Waals surface area contributed by atoms with E-state index in [4.69, 9.17) is 10.7 Å². The molecule has 0 aromatic carbocycles. The van der Waals surface area contributed by atoms with E-state index < -0.39 is 0 Å². The van der Waals surface area contributed by atoms with Crippen LogP contribution in [0.3, 0.4) is 0 Å². The van der Waals surface area contributed by atoms with Gasteiger partial charge in [0.05, 0.1) is 11.4 Å². The number of hydrogen-bond donors (Lipinski definition) is 1. The quantitative estimate of drug-likeness (QED) is 0.732. The topological polar surface area (TPSA) is 93.7 Å². The van der Waals surface area contributed by atoms with Crippen LogP contribution in [0.15, 0.2) is 43.0 Å². The van der Waals surface area contributed by atoms with Crippen molar-refractivity contribution in [3.05, 3.63) is 48.7 Å². The van der Waals surface area contributed by atoms with Gasteiger partial charge in [0.15, 0.2) is 0 Å². The van der Waals surface area contributed by atoms with Crippen LogP contribution in [0.4, 0.5) is 17.6 Å². The molecule has 3 aromatic rings. The molecule has 4 rings (SSSR count). The number of hydrogen-bond acceptors (Lipinski definition) is 7. The van der Waals surface area contributed by atoms with Gasteiger partial charge in [-0.05, 0) is 50.3 Å². The Hall–Kier alpha value is -3.09. The van der Waals surface area contributed by atoms with Crippen molar-refractivity contribution in [2.75, 3.05) is 17.2 Å². The molecule has 132 valence electrons. The molecule has 0 radical (unpaired) electrons. The fourth-order valence-electron chi connectivity index (χ4n) is 2.99. The highest BCUT2D eigenvalue weighted by Crippen LogP contribution is 2.35. The minimum atomic E-state index is 0.311. The molecular formula is C19H21N7. The molecule has 3 heterocycles. The highest BCUT2D eigenvalue weighted by atomic mass is 15.2. The van der Waals surface area contributed by atoms with Gasteiger partial charge >= 0.3 is 0 Å². The molecule has 1 saturated carbocycles. The average molecular weight is 347 g/mol. The molecule has 1 aliphatic rings. The molecule has 0 atom stereocenters. The molecule has 2 N–H and O–H groups in total. The second kappa shape index (κ2) is 7.03. The first kappa shape index (κ1) is 16.4. The summed E-state index contributed by atoms with van der Waals surface area (Å²) in [6, 6.07) is 5.80. The number of nitrogens with two attached hydrogens (primary N) is 1. The molecule has 26 heavy (non-hydrogen) atoms. The molecule has 1 fully saturated rings. The standard InChI is InChI=1S/C19H21N7/c1-2-26(14-5-8-21-9-6-14)19-22-10-7-16(25-19)15-12-23-18(20)24-17(15)11-13-3-4-13/h5-10,12-13H,2-4,11H2,1H3,(H2,20,23,24). The van der Waals surface area contributed by atoms with Gasteiger partial charge < -0.3 is 10.6 Å². The fourth-order valence-corrected chi connectivity index (χ4v) is 2.99. The summed E-state index contributed by atoms with van der Waals surface area (Å²) in [6.07, 6.45) is 10.5. The normalized spacial score (nSPS) is 13.6. The van der Waals surface area contributed by atoms with Gasteiger partial charge in [-0.1, -0.05) is 0 Å². The number of rotatable bonds is 6. The predicted octanol–water partition coefficient (Wildman–Crippen LogP) is 3.02. The third-order valence-corrected chi connectivity index (χ3v) is 4.52. The van der Waals surface area contributed by atoms with Crippen LogP contribution in [0, 0.1) is 5.92 Å². The molecule has 7 nitrogen and oxygen atoms in total. The summed E-state index contributed by atoms with van der Waals surface area (Å²) < 4.78 is 0. The van der Waals surface area contributed by atoms with E-state index >= 15 is 0 Å². The van der Waals surface area contributed by atoms with Crippen LogP contribution in [0.5, 0.6) is 0 Å². The van der Waals surface area contributed by atoms with Crippen LogP contribution < -0.4 is 10.6 Å². The summed E-state index contributed by atoms with van der Waals surface area (Å²) in [7, 11) is 0. The first-order valence-corrected chi connectivity index (χ1v) is 8.87. The van der Waals surface area contributed by atoms with Crippen molar-refractivity contribution in [2.24, 2.45) is 5.92 Å². The zero-order chi connectivity index (χ0) is 17.9. The number of aromatic nitrogens is 5. The minimum absolute atomic E-state index is 0.311. The van der Waals surface area contributed by atoms with E-state index in [2.05, 4.69) is 26.9 Å². The Kier molecular flexibility index (Phi) is 4.43. The zero-order valence-corrected chi connectivity index (χ0v) is 14.7. The van der Waals surface area contributed by atoms with Gasteiger partial charge in [-0.25, -0.2) is 19.9 Å². The fraction of sp³-hybridized carbons (Fsp3) is 0.316. The summed E-state index contributed by atoms with van der Waals surface area (Å²) >= 11 is 0. The molecule has 0 aliphatic heterocycles. The van der Waals surface area contributed by atoms with E-state index in [9.17, 15) is 0 Å². The predicted molar refractivity (Wildman–Crippen MR) is 101 cm³/mol. The summed E-state index contributed by atoms with van der Waals surface area (Å²) in [5.74, 6) is 1.66. The van der Waals surface area contributed by atoms with E-state index in [1.54, 1.807) is 24.8 Å². The lowest BCUT2D eigenvalue weighted by Gasteiger charge is -2.21. The van der Waals surface area contributed by atoms with E-state index in [0.29, 0.717) is 17.8 Å². The molecule has 7 heteroatoms. The summed E-state index contributed by atoms with van der Waals surface area (Å²) in [5.41, 5.74) is 9.53. The number of nitrogens with zero attached hydrogens (tertiary/aromatic N) is 6. The van der Waals surface area contributed by atoms with E-state index in [0.717, 1.165) is 35.6 Å². The highest BCUT2D eigenvalue weighted by Gasteiger charge is 2.24. The first-order chi connectivity index (χ1) is 12.7. The van der Waals surface area contributed by atoms with Gasteiger partial charge in [0.2, 0.25) is 11.9 Å². The summed E-state index contributed by atoms with van der Waals surface area (Å²) in [5, 5.41) is 0. The average Bonchev–Trinajstić information content (AvgIpc) is 3.48. The summed E-state index contributed by atoms with van der Waals surface area (Å²) in [6.45, 7) is 2.82. The van der Waals surface area contributed by atoms with Crippen LogP contribution in [0.2, 0.25) is 0 Å². The third-order valence-electron chi connectivity index (χ3n) is 4.52. The maximum Gasteiger partial charge on any atom is 0.230 e. The highest BCUT2D eigenvalue weighted by molar-refractivity contribution is 5.65. The Labute approximate surface area is 152 Å². The first-order valence-electron chi connectivity index (χ1n) is 8.87. The molecule has 0 spiro atoms. The minimum Gasteiger partial charge on any atom is -0.368 e. The smallest absolute Gasteiger partial charge is 0.230 e. The SMILES string of the molecule is CCN(c1ccncc1)c1nccc(-c2cnc(N)nc2CC2CC2)n1. The monoisotopic (exact) mass is 347 g/mol. The Bertz CT molecular complexity index is 893. The van der Waals surface area contributed by atoms with E-state index in [1.807, 2.05) is 23.1 Å². The van der Waals surface area contributed by atoms with Gasteiger partial charge in [0.25, 0.3) is 0 Å². The number of pyridine rings is 1. The Morgan fingerprint density at radius 3 is 2.62 bits per heavy atom. The zero-order valence-electron chi connectivity index (χ0n) is 14.7. The van der Waals surface area contributed by atoms with Gasteiger partial charge in [0.1, 0.15) is 0 Å². The molecule has 0 amide bonds. The maximum atomic E-state index is 5.81. The maximum absolute atomic E-state index is 5.81. The van der Waals surface area contributed by atoms with Crippen molar-refractivity contribution in [1.82, 2.24) is 24.9 Å². The lowest BCUT2D eigenvalue weighted by molar-refractivity contribution is 0.802. The second-order valence-corrected chi connectivity index (χ2v) is 6.43. The van der Waals surface area contributed by atoms with Crippen molar-refractivity contribution >= 4 is 17.6 Å². The molecule has 3 aromatic heterocycles. The van der Waals surface area contributed by atoms with Crippen LogP contribution in [-0.2, 0) is 6.42 Å². The van der Waals surface area contributed by atoms with E-state index in [-0.39, 0.29) is 0 Å². The largest absolute Gasteiger partial charge is 0.368 e. The van der Waals surface area contributed by atoms with E-state index in [1.165, 1.54) is 12.8 Å². The van der Waals surface area contributed by atoms with Crippen LogP contribution in [0.1, 0.15) is 25.5 Å². The van der Waals surface area contributed by atoms with Crippen molar-refractivity contribution in [3.8, 4) is 11.3 Å². The van der Waals surface area contributed by atoms with Crippen molar-refractivity contribution in [1.29, 1.82) is 0 Å². The second-order valence-electron chi connectivity index (χ2n) is 6.43. The van der Waals surface area contributed by atoms with Gasteiger partial charge in [-0.2, -0.15) is 0 Å². The lowest BCUT2D eigenvalue weighted by atomic mass is 10.1. The lowest BCUT2D eigenvalue weighted by Crippen LogP contribution is -2.19. The van der Waals surface area contributed by atoms with Crippen molar-refractivity contribution in [2.45, 2.75) is 26.2 Å². The van der Waals surface area contributed by atoms with Gasteiger partial charge in [0, 0.05) is 42.6 Å². The molecule has 0 saturated heterocycles. The Morgan fingerprint density at radius 2 is 1.88 bits per heavy atom. The summed E-state index contributed by atoms with van der Waals surface area (Å²) in [4.78, 5) is 24.0. The molecular weight excluding hydrogens is 326 g/mol. The third kappa shape index (κ3) is 3.46. The molecule has 0 unspecified atom stereocenters. The van der Waals surface area contributed by atoms with Gasteiger partial charge in [-0.15, -0.1) is 0 Å².